The summed E-state index contributed by atoms with van der Waals surface area (Å²) in [5, 5.41) is 8.28. The molecule has 0 fully saturated rings. The summed E-state index contributed by atoms with van der Waals surface area (Å²) in [7, 11) is 0. The van der Waals surface area contributed by atoms with Gasteiger partial charge in [-0.3, -0.25) is 9.59 Å². The molecule has 0 spiro atoms. The smallest absolute Gasteiger partial charge is 0.331 e. The van der Waals surface area contributed by atoms with Gasteiger partial charge in [0.2, 0.25) is 0 Å². The minimum atomic E-state index is -1.26. The molecule has 0 saturated heterocycles. The van der Waals surface area contributed by atoms with Gasteiger partial charge in [0.25, 0.3) is 0 Å². The number of esters is 3. The summed E-state index contributed by atoms with van der Waals surface area (Å²) in [6.45, 7) is 5.49. The largest absolute Gasteiger partial charge is 0.478 e. The van der Waals surface area contributed by atoms with E-state index in [2.05, 4.69) is 9.47 Å². The Labute approximate surface area is 122 Å². The van der Waals surface area contributed by atoms with Crippen molar-refractivity contribution in [2.24, 2.45) is 5.41 Å². The summed E-state index contributed by atoms with van der Waals surface area (Å²) in [5.41, 5.74) is -0.261. The van der Waals surface area contributed by atoms with Crippen molar-refractivity contribution < 1.29 is 33.8 Å². The van der Waals surface area contributed by atoms with E-state index in [4.69, 9.17) is 5.11 Å². The number of rotatable bonds is 7. The van der Waals surface area contributed by atoms with Gasteiger partial charge >= 0.3 is 23.9 Å². The van der Waals surface area contributed by atoms with Gasteiger partial charge in [-0.05, 0) is 11.8 Å². The van der Waals surface area contributed by atoms with Crippen LogP contribution in [0.15, 0.2) is 12.2 Å². The van der Waals surface area contributed by atoms with E-state index in [1.54, 1.807) is 0 Å². The molecule has 0 saturated carbocycles. The van der Waals surface area contributed by atoms with Gasteiger partial charge in [0.1, 0.15) is 0 Å². The maximum atomic E-state index is 11.4. The molecule has 0 heterocycles. The van der Waals surface area contributed by atoms with Crippen molar-refractivity contribution in [3.05, 3.63) is 12.2 Å². The predicted molar refractivity (Wildman–Crippen MR) is 72.1 cm³/mol. The molecular formula is C14H20O7. The Bertz CT molecular complexity index is 429. The highest BCUT2D eigenvalue weighted by atomic mass is 16.6. The molecule has 0 unspecified atom stereocenters. The van der Waals surface area contributed by atoms with Gasteiger partial charge in [-0.1, -0.05) is 20.8 Å². The second-order valence-electron chi connectivity index (χ2n) is 5.53. The Morgan fingerprint density at radius 3 is 2.19 bits per heavy atom. The zero-order chi connectivity index (χ0) is 16.5. The Hall–Kier alpha value is -2.18. The predicted octanol–water partition coefficient (Wildman–Crippen LogP) is 1.46. The summed E-state index contributed by atoms with van der Waals surface area (Å²) in [6, 6.07) is 0. The molecule has 0 aromatic carbocycles. The molecule has 0 amide bonds. The summed E-state index contributed by atoms with van der Waals surface area (Å²) in [4.78, 5) is 43.8. The van der Waals surface area contributed by atoms with Crippen molar-refractivity contribution in [3.8, 4) is 0 Å². The zero-order valence-electron chi connectivity index (χ0n) is 12.4. The van der Waals surface area contributed by atoms with Gasteiger partial charge in [-0.25, -0.2) is 9.59 Å². The van der Waals surface area contributed by atoms with Crippen LogP contribution in [0.25, 0.3) is 0 Å². The molecule has 0 aromatic heterocycles. The third kappa shape index (κ3) is 12.6. The molecule has 7 heteroatoms. The highest BCUT2D eigenvalue weighted by Gasteiger charge is 2.19. The van der Waals surface area contributed by atoms with Crippen LogP contribution in [0.4, 0.5) is 0 Å². The van der Waals surface area contributed by atoms with Gasteiger partial charge < -0.3 is 14.6 Å². The number of hydrogen-bond donors (Lipinski definition) is 1. The van der Waals surface area contributed by atoms with E-state index in [9.17, 15) is 19.2 Å². The highest BCUT2D eigenvalue weighted by Crippen LogP contribution is 2.19. The molecule has 0 bridgehead atoms. The normalized spacial score (nSPS) is 11.2. The third-order valence-electron chi connectivity index (χ3n) is 2.03. The number of carboxylic acid groups (broad SMARTS) is 1. The Kier molecular flexibility index (Phi) is 7.96. The molecule has 0 radical (unpaired) electrons. The van der Waals surface area contributed by atoms with Crippen molar-refractivity contribution in [1.29, 1.82) is 0 Å². The lowest BCUT2D eigenvalue weighted by Gasteiger charge is -2.15. The fourth-order valence-corrected chi connectivity index (χ4v) is 1.22. The summed E-state index contributed by atoms with van der Waals surface area (Å²) < 4.78 is 9.25. The zero-order valence-corrected chi connectivity index (χ0v) is 12.4. The minimum absolute atomic E-state index is 0.0637. The Balaban J connectivity index is 3.83. The van der Waals surface area contributed by atoms with E-state index in [1.165, 1.54) is 0 Å². The Morgan fingerprint density at radius 2 is 1.67 bits per heavy atom. The molecule has 21 heavy (non-hydrogen) atoms. The van der Waals surface area contributed by atoms with E-state index >= 15 is 0 Å². The number of carbonyl (C=O) groups is 4. The first-order valence-electron chi connectivity index (χ1n) is 6.41. The Morgan fingerprint density at radius 1 is 1.05 bits per heavy atom. The van der Waals surface area contributed by atoms with E-state index in [0.717, 1.165) is 6.08 Å². The second kappa shape index (κ2) is 8.89. The fourth-order valence-electron chi connectivity index (χ4n) is 1.22. The van der Waals surface area contributed by atoms with Crippen LogP contribution in [0.3, 0.4) is 0 Å². The molecular weight excluding hydrogens is 280 g/mol. The molecule has 7 nitrogen and oxygen atoms in total. The number of aliphatic carboxylic acids is 1. The van der Waals surface area contributed by atoms with Crippen molar-refractivity contribution in [3.63, 3.8) is 0 Å². The van der Waals surface area contributed by atoms with Crippen LogP contribution in [0.2, 0.25) is 0 Å². The molecule has 0 atom stereocenters. The number of ether oxygens (including phenoxy) is 2. The molecule has 0 rings (SSSR count). The van der Waals surface area contributed by atoms with Crippen molar-refractivity contribution >= 4 is 23.9 Å². The lowest BCUT2D eigenvalue weighted by atomic mass is 9.92. The molecule has 0 aromatic rings. The monoisotopic (exact) mass is 300 g/mol. The van der Waals surface area contributed by atoms with Gasteiger partial charge in [0, 0.05) is 18.6 Å². The first-order valence-corrected chi connectivity index (χ1v) is 6.41. The fraction of sp³-hybridized carbons (Fsp3) is 0.571. The van der Waals surface area contributed by atoms with Gasteiger partial charge in [0.15, 0.2) is 0 Å². The number of hydrogen-bond acceptors (Lipinski definition) is 6. The molecule has 0 aliphatic heterocycles. The van der Waals surface area contributed by atoms with Crippen molar-refractivity contribution in [1.82, 2.24) is 0 Å². The van der Waals surface area contributed by atoms with Crippen LogP contribution in [-0.4, -0.2) is 35.6 Å². The van der Waals surface area contributed by atoms with Crippen LogP contribution in [-0.2, 0) is 28.7 Å². The summed E-state index contributed by atoms with van der Waals surface area (Å²) in [6.07, 6.45) is 1.68. The van der Waals surface area contributed by atoms with Crippen LogP contribution < -0.4 is 0 Å². The maximum Gasteiger partial charge on any atom is 0.331 e. The van der Waals surface area contributed by atoms with Crippen molar-refractivity contribution in [2.75, 3.05) is 6.61 Å². The van der Waals surface area contributed by atoms with Gasteiger partial charge in [-0.15, -0.1) is 0 Å². The lowest BCUT2D eigenvalue weighted by Crippen LogP contribution is -2.19. The minimum Gasteiger partial charge on any atom is -0.478 e. The van der Waals surface area contributed by atoms with Crippen molar-refractivity contribution in [2.45, 2.75) is 40.0 Å². The summed E-state index contributed by atoms with van der Waals surface area (Å²) >= 11 is 0. The quantitative estimate of drug-likeness (QED) is 0.328. The number of carboxylic acids is 1. The molecule has 118 valence electrons. The first-order chi connectivity index (χ1) is 9.60. The standard InChI is InChI=1S/C14H20O7/c1-14(2,3)9-13(19)21-12(18)5-4-8-20-11(17)7-6-10(15)16/h6-7H,4-5,8-9H2,1-3H3,(H,15,16)/b7-6+. The lowest BCUT2D eigenvalue weighted by molar-refractivity contribution is -0.161. The van der Waals surface area contributed by atoms with E-state index < -0.39 is 23.9 Å². The third-order valence-corrected chi connectivity index (χ3v) is 2.03. The molecule has 1 N–H and O–H groups in total. The van der Waals surface area contributed by atoms with Crippen LogP contribution >= 0.6 is 0 Å². The van der Waals surface area contributed by atoms with E-state index in [-0.39, 0.29) is 31.3 Å². The average Bonchev–Trinajstić information content (AvgIpc) is 2.29. The van der Waals surface area contributed by atoms with Crippen LogP contribution in [0, 0.1) is 5.41 Å². The molecule has 0 aliphatic rings. The van der Waals surface area contributed by atoms with E-state index in [0.29, 0.717) is 6.08 Å². The highest BCUT2D eigenvalue weighted by molar-refractivity contribution is 5.90. The maximum absolute atomic E-state index is 11.4. The average molecular weight is 300 g/mol. The SMILES string of the molecule is CC(C)(C)CC(=O)OC(=O)CCCOC(=O)/C=C/C(=O)O. The second-order valence-corrected chi connectivity index (χ2v) is 5.53. The molecule has 0 aliphatic carbocycles. The van der Waals surface area contributed by atoms with Gasteiger partial charge in [0.05, 0.1) is 13.0 Å². The topological polar surface area (TPSA) is 107 Å². The van der Waals surface area contributed by atoms with E-state index in [1.807, 2.05) is 20.8 Å². The van der Waals surface area contributed by atoms with Crippen LogP contribution in [0.1, 0.15) is 40.0 Å². The number of carbonyl (C=O) groups excluding carboxylic acids is 3. The first kappa shape index (κ1) is 18.8. The van der Waals surface area contributed by atoms with Crippen LogP contribution in [0.5, 0.6) is 0 Å². The van der Waals surface area contributed by atoms with Gasteiger partial charge in [-0.2, -0.15) is 0 Å². The summed E-state index contributed by atoms with van der Waals surface area (Å²) in [5.74, 6) is -3.34.